The van der Waals surface area contributed by atoms with Crippen LogP contribution in [0, 0.1) is 11.8 Å². The van der Waals surface area contributed by atoms with E-state index in [0.29, 0.717) is 6.61 Å². The van der Waals surface area contributed by atoms with Gasteiger partial charge in [0.15, 0.2) is 0 Å². The van der Waals surface area contributed by atoms with Gasteiger partial charge < -0.3 is 14.7 Å². The summed E-state index contributed by atoms with van der Waals surface area (Å²) in [7, 11) is 2.03. The Bertz CT molecular complexity index is 430. The first-order valence-electron chi connectivity index (χ1n) is 6.73. The maximum atomic E-state index is 12.0. The highest BCUT2D eigenvalue weighted by atomic mass is 16.5. The van der Waals surface area contributed by atoms with Gasteiger partial charge in [-0.25, -0.2) is 0 Å². The fraction of sp³-hybridized carbons (Fsp3) is 0.533. The first-order valence-corrected chi connectivity index (χ1v) is 6.73. The molecule has 0 aliphatic carbocycles. The van der Waals surface area contributed by atoms with Gasteiger partial charge >= 0.3 is 5.97 Å². The summed E-state index contributed by atoms with van der Waals surface area (Å²) < 4.78 is 5.16. The topological polar surface area (TPSA) is 49.8 Å². The van der Waals surface area contributed by atoms with Gasteiger partial charge in [-0.05, 0) is 44.0 Å². The van der Waals surface area contributed by atoms with E-state index < -0.39 is 0 Å². The Morgan fingerprint density at radius 1 is 1.37 bits per heavy atom. The molecular formula is C15H21NO3. The minimum absolute atomic E-state index is 0.0428. The molecule has 1 aromatic carbocycles. The number of esters is 1. The van der Waals surface area contributed by atoms with Gasteiger partial charge in [0.1, 0.15) is 5.75 Å². The molecule has 0 saturated carbocycles. The van der Waals surface area contributed by atoms with E-state index in [1.807, 2.05) is 26.1 Å². The van der Waals surface area contributed by atoms with Crippen LogP contribution in [-0.2, 0) is 16.0 Å². The summed E-state index contributed by atoms with van der Waals surface area (Å²) in [4.78, 5) is 14.1. The van der Waals surface area contributed by atoms with Gasteiger partial charge in [0, 0.05) is 13.1 Å². The number of rotatable bonds is 4. The lowest BCUT2D eigenvalue weighted by Gasteiger charge is -2.17. The summed E-state index contributed by atoms with van der Waals surface area (Å²) >= 11 is 0. The lowest BCUT2D eigenvalue weighted by atomic mass is 9.90. The predicted molar refractivity (Wildman–Crippen MR) is 72.9 cm³/mol. The smallest absolute Gasteiger partial charge is 0.310 e. The summed E-state index contributed by atoms with van der Waals surface area (Å²) in [6.07, 6.45) is 0.841. The maximum absolute atomic E-state index is 12.0. The Balaban J connectivity index is 2.04. The SMILES string of the molecule is CCOC(=O)[C@H]1CN(C)C[C@H]1Cc1ccc(O)cc1. The van der Waals surface area contributed by atoms with Gasteiger partial charge in [-0.3, -0.25) is 4.79 Å². The van der Waals surface area contributed by atoms with Crippen LogP contribution in [0.1, 0.15) is 12.5 Å². The number of carbonyl (C=O) groups is 1. The van der Waals surface area contributed by atoms with Crippen LogP contribution in [0.25, 0.3) is 0 Å². The summed E-state index contributed by atoms with van der Waals surface area (Å²) in [5.74, 6) is 0.428. The molecule has 1 aliphatic rings. The molecule has 0 spiro atoms. The van der Waals surface area contributed by atoms with Crippen molar-refractivity contribution in [2.45, 2.75) is 13.3 Å². The Morgan fingerprint density at radius 2 is 2.05 bits per heavy atom. The van der Waals surface area contributed by atoms with Crippen molar-refractivity contribution in [3.63, 3.8) is 0 Å². The number of likely N-dealkylation sites (tertiary alicyclic amines) is 1. The van der Waals surface area contributed by atoms with E-state index in [-0.39, 0.29) is 23.6 Å². The van der Waals surface area contributed by atoms with Crippen molar-refractivity contribution >= 4 is 5.97 Å². The number of phenolic OH excluding ortho intramolecular Hbond substituents is 1. The van der Waals surface area contributed by atoms with E-state index in [0.717, 1.165) is 25.1 Å². The number of ether oxygens (including phenoxy) is 1. The fourth-order valence-electron chi connectivity index (χ4n) is 2.74. The lowest BCUT2D eigenvalue weighted by molar-refractivity contribution is -0.148. The largest absolute Gasteiger partial charge is 0.508 e. The van der Waals surface area contributed by atoms with Gasteiger partial charge in [0.05, 0.1) is 12.5 Å². The Morgan fingerprint density at radius 3 is 2.68 bits per heavy atom. The lowest BCUT2D eigenvalue weighted by Crippen LogP contribution is -2.26. The predicted octanol–water partition coefficient (Wildman–Crippen LogP) is 1.68. The monoisotopic (exact) mass is 263 g/mol. The molecule has 0 amide bonds. The molecule has 1 N–H and O–H groups in total. The van der Waals surface area contributed by atoms with E-state index in [1.165, 1.54) is 0 Å². The third-order valence-corrected chi connectivity index (χ3v) is 3.65. The number of hydrogen-bond donors (Lipinski definition) is 1. The highest BCUT2D eigenvalue weighted by Crippen LogP contribution is 2.27. The van der Waals surface area contributed by atoms with Crippen molar-refractivity contribution in [1.82, 2.24) is 4.90 Å². The molecule has 1 aromatic rings. The zero-order chi connectivity index (χ0) is 13.8. The average Bonchev–Trinajstić information content (AvgIpc) is 2.74. The van der Waals surface area contributed by atoms with Crippen molar-refractivity contribution < 1.29 is 14.6 Å². The van der Waals surface area contributed by atoms with Crippen LogP contribution in [0.15, 0.2) is 24.3 Å². The third-order valence-electron chi connectivity index (χ3n) is 3.65. The van der Waals surface area contributed by atoms with E-state index in [1.54, 1.807) is 12.1 Å². The van der Waals surface area contributed by atoms with Gasteiger partial charge in [-0.2, -0.15) is 0 Å². The van der Waals surface area contributed by atoms with Crippen LogP contribution in [0.2, 0.25) is 0 Å². The maximum Gasteiger partial charge on any atom is 0.310 e. The second-order valence-corrected chi connectivity index (χ2v) is 5.21. The Kier molecular flexibility index (Phi) is 4.43. The average molecular weight is 263 g/mol. The number of hydrogen-bond acceptors (Lipinski definition) is 4. The van der Waals surface area contributed by atoms with E-state index in [9.17, 15) is 9.90 Å². The summed E-state index contributed by atoms with van der Waals surface area (Å²) in [5.41, 5.74) is 1.15. The summed E-state index contributed by atoms with van der Waals surface area (Å²) in [6, 6.07) is 7.20. The third kappa shape index (κ3) is 3.47. The van der Waals surface area contributed by atoms with Crippen molar-refractivity contribution in [3.05, 3.63) is 29.8 Å². The summed E-state index contributed by atoms with van der Waals surface area (Å²) in [5, 5.41) is 9.29. The van der Waals surface area contributed by atoms with Crippen molar-refractivity contribution in [1.29, 1.82) is 0 Å². The van der Waals surface area contributed by atoms with Gasteiger partial charge in [0.2, 0.25) is 0 Å². The fourth-order valence-corrected chi connectivity index (χ4v) is 2.74. The molecule has 1 saturated heterocycles. The van der Waals surface area contributed by atoms with E-state index in [2.05, 4.69) is 4.90 Å². The molecule has 0 radical (unpaired) electrons. The highest BCUT2D eigenvalue weighted by Gasteiger charge is 2.36. The summed E-state index contributed by atoms with van der Waals surface area (Å²) in [6.45, 7) is 3.95. The quantitative estimate of drug-likeness (QED) is 0.840. The molecule has 1 heterocycles. The van der Waals surface area contributed by atoms with Gasteiger partial charge in [0.25, 0.3) is 0 Å². The Labute approximate surface area is 114 Å². The van der Waals surface area contributed by atoms with Crippen molar-refractivity contribution in [2.75, 3.05) is 26.7 Å². The van der Waals surface area contributed by atoms with Crippen LogP contribution >= 0.6 is 0 Å². The molecule has 1 fully saturated rings. The van der Waals surface area contributed by atoms with E-state index in [4.69, 9.17) is 4.74 Å². The van der Waals surface area contributed by atoms with E-state index >= 15 is 0 Å². The Hall–Kier alpha value is -1.55. The normalized spacial score (nSPS) is 23.5. The molecule has 19 heavy (non-hydrogen) atoms. The van der Waals surface area contributed by atoms with Crippen LogP contribution in [0.5, 0.6) is 5.75 Å². The van der Waals surface area contributed by atoms with Crippen LogP contribution in [0.4, 0.5) is 0 Å². The number of aromatic hydroxyl groups is 1. The second kappa shape index (κ2) is 6.06. The molecule has 0 unspecified atom stereocenters. The molecule has 0 bridgehead atoms. The van der Waals surface area contributed by atoms with Crippen molar-refractivity contribution in [3.8, 4) is 5.75 Å². The van der Waals surface area contributed by atoms with Gasteiger partial charge in [-0.1, -0.05) is 12.1 Å². The highest BCUT2D eigenvalue weighted by molar-refractivity contribution is 5.73. The second-order valence-electron chi connectivity index (χ2n) is 5.21. The molecule has 2 atom stereocenters. The standard InChI is InChI=1S/C15H21NO3/c1-3-19-15(18)14-10-16(2)9-12(14)8-11-4-6-13(17)7-5-11/h4-7,12,14,17H,3,8-10H2,1-2H3/t12-,14+/m1/s1. The van der Waals surface area contributed by atoms with Crippen LogP contribution in [-0.4, -0.2) is 42.7 Å². The zero-order valence-corrected chi connectivity index (χ0v) is 11.5. The minimum Gasteiger partial charge on any atom is -0.508 e. The number of phenols is 1. The van der Waals surface area contributed by atoms with Gasteiger partial charge in [-0.15, -0.1) is 0 Å². The molecule has 2 rings (SSSR count). The molecule has 0 aromatic heterocycles. The molecule has 104 valence electrons. The molecule has 4 heteroatoms. The van der Waals surface area contributed by atoms with Crippen LogP contribution in [0.3, 0.4) is 0 Å². The number of nitrogens with zero attached hydrogens (tertiary/aromatic N) is 1. The van der Waals surface area contributed by atoms with Crippen molar-refractivity contribution in [2.24, 2.45) is 11.8 Å². The zero-order valence-electron chi connectivity index (χ0n) is 11.5. The number of benzene rings is 1. The molecule has 4 nitrogen and oxygen atoms in total. The first-order chi connectivity index (χ1) is 9.10. The first kappa shape index (κ1) is 13.9. The molecule has 1 aliphatic heterocycles. The van der Waals surface area contributed by atoms with Crippen LogP contribution < -0.4 is 0 Å². The minimum atomic E-state index is -0.0874. The molecular weight excluding hydrogens is 242 g/mol. The number of carbonyl (C=O) groups excluding carboxylic acids is 1.